The van der Waals surface area contributed by atoms with Crippen LogP contribution in [0.2, 0.25) is 0 Å². The molecule has 1 saturated heterocycles. The molecule has 0 aromatic carbocycles. The van der Waals surface area contributed by atoms with Gasteiger partial charge in [0.2, 0.25) is 5.91 Å². The van der Waals surface area contributed by atoms with Crippen molar-refractivity contribution >= 4 is 5.91 Å². The molecule has 3 heteroatoms. The number of nitrogens with two attached hydrogens (primary N) is 1. The van der Waals surface area contributed by atoms with Crippen LogP contribution in [0.5, 0.6) is 0 Å². The molecule has 1 fully saturated rings. The van der Waals surface area contributed by atoms with E-state index in [1.165, 1.54) is 12.8 Å². The van der Waals surface area contributed by atoms with Crippen LogP contribution in [0.25, 0.3) is 0 Å². The van der Waals surface area contributed by atoms with E-state index in [2.05, 4.69) is 6.92 Å². The summed E-state index contributed by atoms with van der Waals surface area (Å²) < 4.78 is 0. The van der Waals surface area contributed by atoms with Gasteiger partial charge in [-0.3, -0.25) is 4.79 Å². The van der Waals surface area contributed by atoms with Gasteiger partial charge in [-0.1, -0.05) is 19.8 Å². The molecule has 3 nitrogen and oxygen atoms in total. The van der Waals surface area contributed by atoms with E-state index >= 15 is 0 Å². The monoisotopic (exact) mass is 184 g/mol. The Balaban J connectivity index is 2.58. The van der Waals surface area contributed by atoms with Crippen molar-refractivity contribution in [3.63, 3.8) is 0 Å². The highest BCUT2D eigenvalue weighted by Gasteiger charge is 2.22. The van der Waals surface area contributed by atoms with Crippen molar-refractivity contribution in [2.75, 3.05) is 13.1 Å². The summed E-state index contributed by atoms with van der Waals surface area (Å²) in [6.07, 6.45) is 5.87. The predicted octanol–water partition coefficient (Wildman–Crippen LogP) is 1.13. The average Bonchev–Trinajstić information content (AvgIpc) is 2.41. The number of likely N-dealkylation sites (tertiary alicyclic amines) is 1. The second-order valence-electron chi connectivity index (χ2n) is 3.70. The van der Waals surface area contributed by atoms with E-state index < -0.39 is 0 Å². The van der Waals surface area contributed by atoms with Crippen LogP contribution in [0.4, 0.5) is 0 Å². The van der Waals surface area contributed by atoms with Gasteiger partial charge in [0.15, 0.2) is 0 Å². The minimum Gasteiger partial charge on any atom is -0.339 e. The predicted molar refractivity (Wildman–Crippen MR) is 53.3 cm³/mol. The second kappa shape index (κ2) is 5.22. The van der Waals surface area contributed by atoms with Gasteiger partial charge in [-0.25, -0.2) is 0 Å². The number of nitrogens with zero attached hydrogens (tertiary/aromatic N) is 1. The van der Waals surface area contributed by atoms with E-state index in [0.29, 0.717) is 6.04 Å². The fourth-order valence-corrected chi connectivity index (χ4v) is 2.05. The Kier molecular flexibility index (Phi) is 4.22. The lowest BCUT2D eigenvalue weighted by Crippen LogP contribution is -2.42. The molecule has 0 radical (unpaired) electrons. The van der Waals surface area contributed by atoms with Gasteiger partial charge in [0.1, 0.15) is 0 Å². The fourth-order valence-electron chi connectivity index (χ4n) is 2.05. The number of hydrogen-bond donors (Lipinski definition) is 1. The Labute approximate surface area is 80.3 Å². The van der Waals surface area contributed by atoms with Crippen molar-refractivity contribution in [1.82, 2.24) is 4.90 Å². The summed E-state index contributed by atoms with van der Waals surface area (Å²) in [4.78, 5) is 13.5. The maximum Gasteiger partial charge on any atom is 0.236 e. The summed E-state index contributed by atoms with van der Waals surface area (Å²) in [6.45, 7) is 3.22. The van der Waals surface area contributed by atoms with Gasteiger partial charge in [-0.15, -0.1) is 0 Å². The summed E-state index contributed by atoms with van der Waals surface area (Å²) in [5, 5.41) is 0. The third kappa shape index (κ3) is 2.69. The third-order valence-electron chi connectivity index (χ3n) is 2.84. The smallest absolute Gasteiger partial charge is 0.236 e. The molecule has 0 aromatic heterocycles. The summed E-state index contributed by atoms with van der Waals surface area (Å²) in [5.74, 6) is 0.119. The number of rotatable bonds is 2. The van der Waals surface area contributed by atoms with Gasteiger partial charge in [0, 0.05) is 12.6 Å². The van der Waals surface area contributed by atoms with Crippen LogP contribution in [-0.4, -0.2) is 29.9 Å². The van der Waals surface area contributed by atoms with Gasteiger partial charge >= 0.3 is 0 Å². The van der Waals surface area contributed by atoms with Crippen molar-refractivity contribution in [2.45, 2.75) is 45.1 Å². The van der Waals surface area contributed by atoms with E-state index in [-0.39, 0.29) is 12.5 Å². The molecule has 1 aliphatic rings. The Morgan fingerprint density at radius 3 is 2.85 bits per heavy atom. The molecule has 2 N–H and O–H groups in total. The van der Waals surface area contributed by atoms with Gasteiger partial charge in [0.25, 0.3) is 0 Å². The van der Waals surface area contributed by atoms with Gasteiger partial charge in [-0.05, 0) is 19.3 Å². The highest BCUT2D eigenvalue weighted by atomic mass is 16.2. The van der Waals surface area contributed by atoms with Gasteiger partial charge < -0.3 is 10.6 Å². The first-order chi connectivity index (χ1) is 6.29. The second-order valence-corrected chi connectivity index (χ2v) is 3.70. The molecule has 1 aliphatic heterocycles. The topological polar surface area (TPSA) is 46.3 Å². The van der Waals surface area contributed by atoms with Crippen molar-refractivity contribution in [2.24, 2.45) is 5.73 Å². The molecule has 0 bridgehead atoms. The zero-order valence-corrected chi connectivity index (χ0v) is 8.46. The van der Waals surface area contributed by atoms with Gasteiger partial charge in [-0.2, -0.15) is 0 Å². The zero-order chi connectivity index (χ0) is 9.68. The van der Waals surface area contributed by atoms with Crippen LogP contribution in [0.15, 0.2) is 0 Å². The molecule has 1 heterocycles. The van der Waals surface area contributed by atoms with Crippen molar-refractivity contribution in [3.05, 3.63) is 0 Å². The van der Waals surface area contributed by atoms with Crippen LogP contribution in [-0.2, 0) is 4.79 Å². The normalized spacial score (nSPS) is 24.2. The molecule has 0 aromatic rings. The average molecular weight is 184 g/mol. The van der Waals surface area contributed by atoms with Crippen LogP contribution < -0.4 is 5.73 Å². The maximum atomic E-state index is 11.5. The molecule has 13 heavy (non-hydrogen) atoms. The summed E-state index contributed by atoms with van der Waals surface area (Å²) in [5.41, 5.74) is 5.38. The molecular formula is C10H20N2O. The van der Waals surface area contributed by atoms with E-state index in [4.69, 9.17) is 5.73 Å². The summed E-state index contributed by atoms with van der Waals surface area (Å²) in [7, 11) is 0. The van der Waals surface area contributed by atoms with E-state index in [9.17, 15) is 4.79 Å². The first kappa shape index (κ1) is 10.5. The highest BCUT2D eigenvalue weighted by molar-refractivity contribution is 5.78. The van der Waals surface area contributed by atoms with Crippen LogP contribution in [0.3, 0.4) is 0 Å². The first-order valence-electron chi connectivity index (χ1n) is 5.29. The summed E-state index contributed by atoms with van der Waals surface area (Å²) >= 11 is 0. The minimum atomic E-state index is 0.119. The van der Waals surface area contributed by atoms with Gasteiger partial charge in [0.05, 0.1) is 6.54 Å². The molecule has 1 unspecified atom stereocenters. The Morgan fingerprint density at radius 1 is 1.46 bits per heavy atom. The zero-order valence-electron chi connectivity index (χ0n) is 8.46. The molecule has 0 saturated carbocycles. The standard InChI is InChI=1S/C10H20N2O/c1-2-9-6-4-3-5-7-12(9)10(13)8-11/h9H,2-8,11H2,1H3. The lowest BCUT2D eigenvalue weighted by atomic mass is 10.1. The Morgan fingerprint density at radius 2 is 2.23 bits per heavy atom. The molecule has 76 valence electrons. The molecular weight excluding hydrogens is 164 g/mol. The molecule has 1 atom stereocenters. The highest BCUT2D eigenvalue weighted by Crippen LogP contribution is 2.18. The van der Waals surface area contributed by atoms with Crippen LogP contribution >= 0.6 is 0 Å². The van der Waals surface area contributed by atoms with Crippen molar-refractivity contribution in [1.29, 1.82) is 0 Å². The molecule has 0 aliphatic carbocycles. The molecule has 1 amide bonds. The Bertz CT molecular complexity index is 170. The number of hydrogen-bond acceptors (Lipinski definition) is 2. The minimum absolute atomic E-state index is 0.119. The first-order valence-corrected chi connectivity index (χ1v) is 5.29. The van der Waals surface area contributed by atoms with Crippen LogP contribution in [0.1, 0.15) is 39.0 Å². The lowest BCUT2D eigenvalue weighted by Gasteiger charge is -2.28. The lowest BCUT2D eigenvalue weighted by molar-refractivity contribution is -0.132. The fraction of sp³-hybridized carbons (Fsp3) is 0.900. The SMILES string of the molecule is CCC1CCCCCN1C(=O)CN. The largest absolute Gasteiger partial charge is 0.339 e. The number of amides is 1. The number of carbonyl (C=O) groups is 1. The molecule has 1 rings (SSSR count). The quantitative estimate of drug-likeness (QED) is 0.699. The van der Waals surface area contributed by atoms with E-state index in [1.54, 1.807) is 0 Å². The van der Waals surface area contributed by atoms with Crippen molar-refractivity contribution in [3.8, 4) is 0 Å². The van der Waals surface area contributed by atoms with E-state index in [1.807, 2.05) is 4.90 Å². The van der Waals surface area contributed by atoms with Crippen LogP contribution in [0, 0.1) is 0 Å². The number of carbonyl (C=O) groups excluding carboxylic acids is 1. The molecule has 0 spiro atoms. The maximum absolute atomic E-state index is 11.5. The third-order valence-corrected chi connectivity index (χ3v) is 2.84. The van der Waals surface area contributed by atoms with Crippen molar-refractivity contribution < 1.29 is 4.79 Å². The summed E-state index contributed by atoms with van der Waals surface area (Å²) in [6, 6.07) is 0.443. The Hall–Kier alpha value is -0.570. The van der Waals surface area contributed by atoms with E-state index in [0.717, 1.165) is 25.8 Å².